The molecule has 2 aliphatic carbocycles. The first kappa shape index (κ1) is 13.3. The van der Waals surface area contributed by atoms with Gasteiger partial charge >= 0.3 is 0 Å². The first-order valence-corrected chi connectivity index (χ1v) is 7.48. The number of aliphatic hydroxyl groups excluding tert-OH is 1. The molecular weight excluding hydrogens is 260 g/mol. The van der Waals surface area contributed by atoms with Crippen LogP contribution in [0.2, 0.25) is 5.02 Å². The molecule has 0 aliphatic heterocycles. The van der Waals surface area contributed by atoms with Crippen LogP contribution >= 0.6 is 11.6 Å². The van der Waals surface area contributed by atoms with E-state index in [0.29, 0.717) is 11.1 Å². The predicted octanol–water partition coefficient (Wildman–Crippen LogP) is 2.72. The lowest BCUT2D eigenvalue weighted by Crippen LogP contribution is -2.30. The van der Waals surface area contributed by atoms with Gasteiger partial charge in [-0.25, -0.2) is 0 Å². The van der Waals surface area contributed by atoms with Crippen LogP contribution in [0.5, 0.6) is 0 Å². The second-order valence-electron chi connectivity index (χ2n) is 6.15. The molecule has 3 nitrogen and oxygen atoms in total. The van der Waals surface area contributed by atoms with Crippen LogP contribution in [0.1, 0.15) is 31.4 Å². The van der Waals surface area contributed by atoms with Crippen LogP contribution in [0.4, 0.5) is 0 Å². The number of hydrogen-bond acceptors (Lipinski definition) is 3. The maximum atomic E-state index is 9.68. The van der Waals surface area contributed by atoms with Crippen molar-refractivity contribution in [1.29, 1.82) is 0 Å². The molecule has 1 aromatic rings. The SMILES string of the molecule is CN(Cc1ccc(Cl)cn1)C1C[C@H]2CC(O)C[C@H]2C1. The molecule has 1 N–H and O–H groups in total. The third kappa shape index (κ3) is 2.93. The van der Waals surface area contributed by atoms with Gasteiger partial charge in [0.2, 0.25) is 0 Å². The van der Waals surface area contributed by atoms with Crippen molar-refractivity contribution in [3.05, 3.63) is 29.0 Å². The van der Waals surface area contributed by atoms with Crippen molar-refractivity contribution < 1.29 is 5.11 Å². The number of rotatable bonds is 3. The predicted molar refractivity (Wildman–Crippen MR) is 76.0 cm³/mol. The summed E-state index contributed by atoms with van der Waals surface area (Å²) in [7, 11) is 2.18. The Bertz CT molecular complexity index is 422. The summed E-state index contributed by atoms with van der Waals surface area (Å²) in [6.45, 7) is 0.879. The van der Waals surface area contributed by atoms with Crippen LogP contribution in [-0.2, 0) is 6.54 Å². The molecule has 3 rings (SSSR count). The van der Waals surface area contributed by atoms with Gasteiger partial charge in [-0.05, 0) is 56.7 Å². The normalized spacial score (nSPS) is 33.9. The quantitative estimate of drug-likeness (QED) is 0.925. The number of hydrogen-bond donors (Lipinski definition) is 1. The zero-order valence-electron chi connectivity index (χ0n) is 11.3. The zero-order chi connectivity index (χ0) is 13.4. The van der Waals surface area contributed by atoms with E-state index in [1.807, 2.05) is 12.1 Å². The average molecular weight is 281 g/mol. The highest BCUT2D eigenvalue weighted by atomic mass is 35.5. The summed E-state index contributed by atoms with van der Waals surface area (Å²) >= 11 is 5.85. The van der Waals surface area contributed by atoms with Gasteiger partial charge in [0.25, 0.3) is 0 Å². The van der Waals surface area contributed by atoms with Crippen molar-refractivity contribution >= 4 is 11.6 Å². The Labute approximate surface area is 119 Å². The standard InChI is InChI=1S/C15H21ClN2O/c1-18(9-13-3-2-12(16)8-17-13)14-4-10-6-15(19)7-11(10)5-14/h2-3,8,10-11,14-15,19H,4-7,9H2,1H3/t10-,11+,14?,15?. The summed E-state index contributed by atoms with van der Waals surface area (Å²) in [6.07, 6.45) is 6.14. The van der Waals surface area contributed by atoms with E-state index in [1.165, 1.54) is 12.8 Å². The molecule has 1 heterocycles. The van der Waals surface area contributed by atoms with Crippen molar-refractivity contribution in [2.45, 2.75) is 44.4 Å². The van der Waals surface area contributed by atoms with Crippen molar-refractivity contribution in [3.8, 4) is 0 Å². The molecule has 0 radical (unpaired) electrons. The minimum Gasteiger partial charge on any atom is -0.393 e. The Morgan fingerprint density at radius 3 is 2.53 bits per heavy atom. The molecule has 4 atom stereocenters. The lowest BCUT2D eigenvalue weighted by atomic mass is 10.0. The van der Waals surface area contributed by atoms with Crippen molar-refractivity contribution in [1.82, 2.24) is 9.88 Å². The Kier molecular flexibility index (Phi) is 3.79. The van der Waals surface area contributed by atoms with Gasteiger partial charge in [-0.1, -0.05) is 11.6 Å². The lowest BCUT2D eigenvalue weighted by molar-refractivity contribution is 0.158. The molecule has 2 saturated carbocycles. The van der Waals surface area contributed by atoms with Gasteiger partial charge in [0, 0.05) is 18.8 Å². The summed E-state index contributed by atoms with van der Waals surface area (Å²) in [4.78, 5) is 6.76. The van der Waals surface area contributed by atoms with Gasteiger partial charge in [0.05, 0.1) is 16.8 Å². The van der Waals surface area contributed by atoms with Gasteiger partial charge in [-0.2, -0.15) is 0 Å². The highest BCUT2D eigenvalue weighted by Gasteiger charge is 2.42. The topological polar surface area (TPSA) is 36.4 Å². The Hall–Kier alpha value is -0.640. The van der Waals surface area contributed by atoms with E-state index in [9.17, 15) is 5.11 Å². The first-order chi connectivity index (χ1) is 9.11. The molecule has 0 bridgehead atoms. The third-order valence-electron chi connectivity index (χ3n) is 4.79. The summed E-state index contributed by atoms with van der Waals surface area (Å²) in [5.74, 6) is 1.47. The Morgan fingerprint density at radius 1 is 1.26 bits per heavy atom. The van der Waals surface area contributed by atoms with Crippen molar-refractivity contribution in [2.75, 3.05) is 7.05 Å². The highest BCUT2D eigenvalue weighted by Crippen LogP contribution is 2.45. The van der Waals surface area contributed by atoms with Gasteiger partial charge < -0.3 is 5.11 Å². The maximum absolute atomic E-state index is 9.68. The first-order valence-electron chi connectivity index (χ1n) is 7.10. The lowest BCUT2D eigenvalue weighted by Gasteiger charge is -2.25. The molecule has 0 spiro atoms. The van der Waals surface area contributed by atoms with Crippen LogP contribution in [-0.4, -0.2) is 34.2 Å². The molecule has 2 fully saturated rings. The molecule has 2 aliphatic rings. The number of nitrogens with zero attached hydrogens (tertiary/aromatic N) is 2. The van der Waals surface area contributed by atoms with Crippen LogP contribution < -0.4 is 0 Å². The van der Waals surface area contributed by atoms with Crippen molar-refractivity contribution in [2.24, 2.45) is 11.8 Å². The van der Waals surface area contributed by atoms with E-state index < -0.39 is 0 Å². The van der Waals surface area contributed by atoms with Crippen LogP contribution in [0.3, 0.4) is 0 Å². The van der Waals surface area contributed by atoms with Gasteiger partial charge in [-0.15, -0.1) is 0 Å². The Balaban J connectivity index is 1.57. The molecule has 0 aromatic carbocycles. The second kappa shape index (κ2) is 5.39. The highest BCUT2D eigenvalue weighted by molar-refractivity contribution is 6.30. The Morgan fingerprint density at radius 2 is 1.95 bits per heavy atom. The van der Waals surface area contributed by atoms with Crippen LogP contribution in [0.25, 0.3) is 0 Å². The fourth-order valence-electron chi connectivity index (χ4n) is 3.80. The summed E-state index contributed by atoms with van der Waals surface area (Å²) in [5.41, 5.74) is 1.07. The number of pyridine rings is 1. The summed E-state index contributed by atoms with van der Waals surface area (Å²) < 4.78 is 0. The van der Waals surface area contributed by atoms with E-state index in [2.05, 4.69) is 16.9 Å². The molecule has 0 saturated heterocycles. The molecule has 19 heavy (non-hydrogen) atoms. The fourth-order valence-corrected chi connectivity index (χ4v) is 3.91. The second-order valence-corrected chi connectivity index (χ2v) is 6.59. The van der Waals surface area contributed by atoms with E-state index in [-0.39, 0.29) is 6.10 Å². The molecule has 0 amide bonds. The number of fused-ring (bicyclic) bond motifs is 1. The van der Waals surface area contributed by atoms with E-state index in [0.717, 1.165) is 36.9 Å². The fraction of sp³-hybridized carbons (Fsp3) is 0.667. The van der Waals surface area contributed by atoms with E-state index in [4.69, 9.17) is 11.6 Å². The molecule has 2 unspecified atom stereocenters. The summed E-state index contributed by atoms with van der Waals surface area (Å²) in [5, 5.41) is 10.4. The monoisotopic (exact) mass is 280 g/mol. The van der Waals surface area contributed by atoms with Gasteiger partial charge in [-0.3, -0.25) is 9.88 Å². The number of halogens is 1. The van der Waals surface area contributed by atoms with Crippen LogP contribution in [0, 0.1) is 11.8 Å². The number of aromatic nitrogens is 1. The number of aliphatic hydroxyl groups is 1. The van der Waals surface area contributed by atoms with Crippen molar-refractivity contribution in [3.63, 3.8) is 0 Å². The van der Waals surface area contributed by atoms with E-state index in [1.54, 1.807) is 6.20 Å². The maximum Gasteiger partial charge on any atom is 0.0589 e. The van der Waals surface area contributed by atoms with Gasteiger partial charge in [0.1, 0.15) is 0 Å². The zero-order valence-corrected chi connectivity index (χ0v) is 12.1. The van der Waals surface area contributed by atoms with E-state index >= 15 is 0 Å². The largest absolute Gasteiger partial charge is 0.393 e. The molecule has 104 valence electrons. The molecule has 1 aromatic heterocycles. The van der Waals surface area contributed by atoms with Crippen LogP contribution in [0.15, 0.2) is 18.3 Å². The minimum absolute atomic E-state index is 0.0424. The molecule has 4 heteroatoms. The van der Waals surface area contributed by atoms with Gasteiger partial charge in [0.15, 0.2) is 0 Å². The smallest absolute Gasteiger partial charge is 0.0589 e. The minimum atomic E-state index is -0.0424. The third-order valence-corrected chi connectivity index (χ3v) is 5.01. The molecular formula is C15H21ClN2O. The summed E-state index contributed by atoms with van der Waals surface area (Å²) in [6, 6.07) is 4.54. The average Bonchev–Trinajstić information content (AvgIpc) is 2.89.